The van der Waals surface area contributed by atoms with Crippen LogP contribution in [0.3, 0.4) is 0 Å². The summed E-state index contributed by atoms with van der Waals surface area (Å²) >= 11 is 7.07. The molecular weight excluding hydrogens is 501 g/mol. The molecule has 11 heteroatoms. The van der Waals surface area contributed by atoms with Crippen LogP contribution < -0.4 is 10.1 Å². The highest BCUT2D eigenvalue weighted by Gasteiger charge is 2.31. The van der Waals surface area contributed by atoms with Crippen molar-refractivity contribution in [2.45, 2.75) is 11.3 Å². The molecule has 35 heavy (non-hydrogen) atoms. The normalized spacial score (nSPS) is 11.3. The van der Waals surface area contributed by atoms with Gasteiger partial charge in [0.1, 0.15) is 5.75 Å². The Bertz CT molecular complexity index is 1350. The third kappa shape index (κ3) is 5.60. The molecule has 180 valence electrons. The van der Waals surface area contributed by atoms with Crippen LogP contribution in [0, 0.1) is 0 Å². The van der Waals surface area contributed by atoms with Crippen LogP contribution in [0.5, 0.6) is 5.75 Å². The maximum absolute atomic E-state index is 13.0. The molecule has 0 spiro atoms. The number of nitrogens with one attached hydrogen (secondary N) is 1. The van der Waals surface area contributed by atoms with Gasteiger partial charge in [-0.25, -0.2) is 0 Å². The van der Waals surface area contributed by atoms with E-state index in [4.69, 9.17) is 16.3 Å². The van der Waals surface area contributed by atoms with E-state index in [2.05, 4.69) is 15.5 Å². The fourth-order valence-electron chi connectivity index (χ4n) is 3.29. The van der Waals surface area contributed by atoms with E-state index in [1.807, 2.05) is 48.5 Å². The number of carbonyl (C=O) groups excluding carboxylic acids is 1. The van der Waals surface area contributed by atoms with Gasteiger partial charge in [-0.05, 0) is 42.5 Å². The lowest BCUT2D eigenvalue weighted by atomic mass is 10.2. The number of hydrogen-bond acceptors (Lipinski definition) is 5. The predicted octanol–water partition coefficient (Wildman–Crippen LogP) is 6.35. The predicted molar refractivity (Wildman–Crippen MR) is 129 cm³/mol. The van der Waals surface area contributed by atoms with Crippen LogP contribution >= 0.6 is 23.4 Å². The van der Waals surface area contributed by atoms with Gasteiger partial charge < -0.3 is 10.1 Å². The van der Waals surface area contributed by atoms with Crippen molar-refractivity contribution in [2.24, 2.45) is 0 Å². The van der Waals surface area contributed by atoms with Crippen LogP contribution in [0.4, 0.5) is 18.9 Å². The third-order valence-electron chi connectivity index (χ3n) is 4.90. The molecule has 0 saturated carbocycles. The highest BCUT2D eigenvalue weighted by molar-refractivity contribution is 7.99. The van der Waals surface area contributed by atoms with Crippen molar-refractivity contribution in [1.82, 2.24) is 14.8 Å². The third-order valence-corrected chi connectivity index (χ3v) is 6.15. The van der Waals surface area contributed by atoms with E-state index in [1.54, 1.807) is 17.7 Å². The quantitative estimate of drug-likeness (QED) is 0.289. The van der Waals surface area contributed by atoms with E-state index < -0.39 is 17.6 Å². The molecule has 6 nitrogen and oxygen atoms in total. The number of ether oxygens (including phenoxy) is 1. The molecule has 0 aliphatic heterocycles. The van der Waals surface area contributed by atoms with Crippen molar-refractivity contribution in [2.75, 3.05) is 18.2 Å². The smallest absolute Gasteiger partial charge is 0.416 e. The Morgan fingerprint density at radius 2 is 1.77 bits per heavy atom. The lowest BCUT2D eigenvalue weighted by Gasteiger charge is -2.13. The zero-order valence-corrected chi connectivity index (χ0v) is 19.8. The molecule has 0 aliphatic rings. The number of alkyl halides is 3. The summed E-state index contributed by atoms with van der Waals surface area (Å²) in [5.41, 5.74) is 0.446. The first-order chi connectivity index (χ1) is 16.8. The minimum atomic E-state index is -4.56. The first-order valence-corrected chi connectivity index (χ1v) is 11.6. The maximum atomic E-state index is 13.0. The minimum absolute atomic E-state index is 0.00209. The Morgan fingerprint density at radius 3 is 2.49 bits per heavy atom. The largest absolute Gasteiger partial charge is 0.496 e. The van der Waals surface area contributed by atoms with E-state index in [0.29, 0.717) is 22.3 Å². The molecule has 0 unspecified atom stereocenters. The Labute approximate surface area is 208 Å². The molecule has 1 N–H and O–H groups in total. The summed E-state index contributed by atoms with van der Waals surface area (Å²) in [6.07, 6.45) is -4.56. The van der Waals surface area contributed by atoms with Gasteiger partial charge in [0.05, 0.1) is 34.7 Å². The molecule has 3 aromatic carbocycles. The van der Waals surface area contributed by atoms with Crippen molar-refractivity contribution in [3.63, 3.8) is 0 Å². The second-order valence-corrected chi connectivity index (χ2v) is 8.56. The number of para-hydroxylation sites is 2. The Balaban J connectivity index is 1.60. The Hall–Kier alpha value is -3.50. The van der Waals surface area contributed by atoms with Crippen LogP contribution in [0.1, 0.15) is 5.56 Å². The van der Waals surface area contributed by atoms with Crippen LogP contribution in [0.25, 0.3) is 17.1 Å². The number of rotatable bonds is 7. The van der Waals surface area contributed by atoms with Crippen LogP contribution in [0.2, 0.25) is 5.02 Å². The number of halogens is 4. The number of anilines is 1. The molecule has 4 rings (SSSR count). The summed E-state index contributed by atoms with van der Waals surface area (Å²) in [5, 5.41) is 11.4. The van der Waals surface area contributed by atoms with Crippen molar-refractivity contribution in [3.8, 4) is 22.8 Å². The van der Waals surface area contributed by atoms with Crippen LogP contribution in [0.15, 0.2) is 78.0 Å². The Morgan fingerprint density at radius 1 is 1.06 bits per heavy atom. The van der Waals surface area contributed by atoms with E-state index in [1.165, 1.54) is 0 Å². The van der Waals surface area contributed by atoms with Crippen molar-refractivity contribution in [1.29, 1.82) is 0 Å². The summed E-state index contributed by atoms with van der Waals surface area (Å²) in [6.45, 7) is 0. The van der Waals surface area contributed by atoms with Crippen molar-refractivity contribution < 1.29 is 22.7 Å². The molecular formula is C24H18ClF3N4O2S. The number of nitrogens with zero attached hydrogens (tertiary/aromatic N) is 3. The van der Waals surface area contributed by atoms with E-state index in [0.717, 1.165) is 35.6 Å². The first-order valence-electron chi connectivity index (χ1n) is 10.2. The monoisotopic (exact) mass is 518 g/mol. The van der Waals surface area contributed by atoms with Gasteiger partial charge in [0.2, 0.25) is 5.91 Å². The second kappa shape index (κ2) is 10.4. The molecule has 0 radical (unpaired) electrons. The zero-order valence-electron chi connectivity index (χ0n) is 18.2. The number of carbonyl (C=O) groups is 1. The molecule has 0 fully saturated rings. The molecule has 1 amide bonds. The van der Waals surface area contributed by atoms with Gasteiger partial charge in [-0.3, -0.25) is 9.36 Å². The zero-order chi connectivity index (χ0) is 25.0. The summed E-state index contributed by atoms with van der Waals surface area (Å²) in [6, 6.07) is 19.4. The van der Waals surface area contributed by atoms with Gasteiger partial charge in [-0.2, -0.15) is 13.2 Å². The molecule has 0 saturated heterocycles. The van der Waals surface area contributed by atoms with Crippen LogP contribution in [-0.4, -0.2) is 33.5 Å². The van der Waals surface area contributed by atoms with E-state index in [-0.39, 0.29) is 16.5 Å². The van der Waals surface area contributed by atoms with Crippen LogP contribution in [-0.2, 0) is 11.0 Å². The number of methoxy groups -OCH3 is 1. The number of thioether (sulfide) groups is 1. The number of amides is 1. The SMILES string of the molecule is COc1ccccc1-c1nnc(SCC(=O)Nc2cc(C(F)(F)F)ccc2Cl)n1-c1ccccc1. The van der Waals surface area contributed by atoms with Crippen molar-refractivity contribution >= 4 is 35.0 Å². The highest BCUT2D eigenvalue weighted by Crippen LogP contribution is 2.35. The maximum Gasteiger partial charge on any atom is 0.416 e. The minimum Gasteiger partial charge on any atom is -0.496 e. The number of benzene rings is 3. The standard InChI is InChI=1S/C24H18ClF3N4O2S/c1-34-20-10-6-5-9-17(20)22-30-31-23(32(22)16-7-3-2-4-8-16)35-14-21(33)29-19-13-15(24(26,27)28)11-12-18(19)25/h2-13H,14H2,1H3,(H,29,33). The van der Waals surface area contributed by atoms with Gasteiger partial charge in [0, 0.05) is 5.69 Å². The summed E-state index contributed by atoms with van der Waals surface area (Å²) in [5.74, 6) is 0.435. The molecule has 0 bridgehead atoms. The van der Waals surface area contributed by atoms with Gasteiger partial charge in [0.15, 0.2) is 11.0 Å². The molecule has 1 aromatic heterocycles. The van der Waals surface area contributed by atoms with E-state index in [9.17, 15) is 18.0 Å². The van der Waals surface area contributed by atoms with E-state index >= 15 is 0 Å². The summed E-state index contributed by atoms with van der Waals surface area (Å²) in [7, 11) is 1.56. The summed E-state index contributed by atoms with van der Waals surface area (Å²) in [4.78, 5) is 12.6. The topological polar surface area (TPSA) is 69.0 Å². The number of aromatic nitrogens is 3. The Kier molecular flexibility index (Phi) is 7.32. The molecule has 0 atom stereocenters. The molecule has 0 aliphatic carbocycles. The first kappa shape index (κ1) is 24.6. The average molecular weight is 519 g/mol. The second-order valence-electron chi connectivity index (χ2n) is 7.21. The average Bonchev–Trinajstić information content (AvgIpc) is 3.27. The molecule has 1 heterocycles. The van der Waals surface area contributed by atoms with Gasteiger partial charge in [-0.15, -0.1) is 10.2 Å². The summed E-state index contributed by atoms with van der Waals surface area (Å²) < 4.78 is 46.3. The van der Waals surface area contributed by atoms with Crippen molar-refractivity contribution in [3.05, 3.63) is 83.4 Å². The highest BCUT2D eigenvalue weighted by atomic mass is 35.5. The van der Waals surface area contributed by atoms with Gasteiger partial charge in [-0.1, -0.05) is 53.7 Å². The molecule has 4 aromatic rings. The van der Waals surface area contributed by atoms with Gasteiger partial charge in [0.25, 0.3) is 0 Å². The lowest BCUT2D eigenvalue weighted by Crippen LogP contribution is -2.16. The fraction of sp³-hybridized carbons (Fsp3) is 0.125. The van der Waals surface area contributed by atoms with Gasteiger partial charge >= 0.3 is 6.18 Å². The fourth-order valence-corrected chi connectivity index (χ4v) is 4.21. The lowest BCUT2D eigenvalue weighted by molar-refractivity contribution is -0.137. The number of hydrogen-bond donors (Lipinski definition) is 1.